The van der Waals surface area contributed by atoms with E-state index in [1.54, 1.807) is 20.8 Å². The lowest BCUT2D eigenvalue weighted by atomic mass is 10.0. The highest BCUT2D eigenvalue weighted by atomic mass is 16.6. The van der Waals surface area contributed by atoms with E-state index < -0.39 is 40.9 Å². The number of carbonyl (C=O) groups excluding carboxylic acids is 1. The van der Waals surface area contributed by atoms with Crippen molar-refractivity contribution in [3.8, 4) is 5.88 Å². The minimum absolute atomic E-state index is 0.0199. The first kappa shape index (κ1) is 17.9. The zero-order valence-corrected chi connectivity index (χ0v) is 12.7. The van der Waals surface area contributed by atoms with Crippen LogP contribution < -0.4 is 10.9 Å². The number of aromatic hydroxyl groups is 1. The van der Waals surface area contributed by atoms with E-state index in [0.717, 1.165) is 6.33 Å². The first-order valence-corrected chi connectivity index (χ1v) is 6.71. The highest BCUT2D eigenvalue weighted by Gasteiger charge is 2.25. The maximum atomic E-state index is 11.5. The van der Waals surface area contributed by atoms with Crippen LogP contribution in [-0.2, 0) is 4.74 Å². The molecule has 0 aliphatic heterocycles. The third-order valence-corrected chi connectivity index (χ3v) is 2.64. The fraction of sp³-hybridized carbons (Fsp3) is 0.615. The zero-order valence-electron chi connectivity index (χ0n) is 12.7. The Balaban J connectivity index is 2.54. The Hall–Kier alpha value is -2.13. The number of aromatic nitrogens is 2. The van der Waals surface area contributed by atoms with E-state index in [4.69, 9.17) is 4.74 Å². The molecule has 0 saturated heterocycles. The van der Waals surface area contributed by atoms with Crippen molar-refractivity contribution in [3.05, 3.63) is 22.2 Å². The molecule has 0 bridgehead atoms. The molecule has 9 nitrogen and oxygen atoms in total. The number of carbonyl (C=O) groups is 1. The minimum Gasteiger partial charge on any atom is -0.493 e. The maximum absolute atomic E-state index is 11.5. The summed E-state index contributed by atoms with van der Waals surface area (Å²) in [4.78, 5) is 28.5. The quantitative estimate of drug-likeness (QED) is 0.505. The second-order valence-electron chi connectivity index (χ2n) is 5.70. The molecule has 22 heavy (non-hydrogen) atoms. The Morgan fingerprint density at radius 3 is 2.64 bits per heavy atom. The highest BCUT2D eigenvalue weighted by molar-refractivity contribution is 5.67. The van der Waals surface area contributed by atoms with E-state index in [9.17, 15) is 24.9 Å². The van der Waals surface area contributed by atoms with Gasteiger partial charge >= 0.3 is 6.09 Å². The predicted octanol–water partition coefficient (Wildman–Crippen LogP) is -0.215. The molecular weight excluding hydrogens is 294 g/mol. The second kappa shape index (κ2) is 7.23. The molecule has 1 rings (SSSR count). The van der Waals surface area contributed by atoms with Crippen LogP contribution in [0.4, 0.5) is 4.79 Å². The van der Waals surface area contributed by atoms with E-state index in [0.29, 0.717) is 0 Å². The first-order valence-electron chi connectivity index (χ1n) is 6.71. The normalized spacial score (nSPS) is 14.2. The van der Waals surface area contributed by atoms with E-state index in [1.165, 1.54) is 0 Å². The van der Waals surface area contributed by atoms with Crippen LogP contribution in [0.25, 0.3) is 0 Å². The summed E-state index contributed by atoms with van der Waals surface area (Å²) in [6, 6.07) is 0. The van der Waals surface area contributed by atoms with Gasteiger partial charge in [0.05, 0.1) is 12.4 Å². The van der Waals surface area contributed by atoms with Gasteiger partial charge in [-0.25, -0.2) is 9.78 Å². The molecule has 0 aromatic carbocycles. The number of amides is 1. The number of rotatable bonds is 5. The second-order valence-corrected chi connectivity index (χ2v) is 5.70. The summed E-state index contributed by atoms with van der Waals surface area (Å²) in [5.41, 5.74) is -1.82. The molecule has 0 aliphatic carbocycles. The average molecular weight is 315 g/mol. The standard InChI is InChI=1S/C13H21N3O6/c1-13(2,3)22-12(21)14-5-4-7(17)9(18)8-10(19)15-6-16-11(8)20/h6-7,9,17-18H,4-5H2,1-3H3,(H,14,21)(H2,15,16,19,20). The number of nitrogens with one attached hydrogen (secondary N) is 2. The molecule has 0 radical (unpaired) electrons. The number of nitrogens with zero attached hydrogens (tertiary/aromatic N) is 1. The van der Waals surface area contributed by atoms with Gasteiger partial charge in [0.25, 0.3) is 5.56 Å². The van der Waals surface area contributed by atoms with Gasteiger partial charge in [-0.2, -0.15) is 0 Å². The lowest BCUT2D eigenvalue weighted by molar-refractivity contribution is 0.00987. The highest BCUT2D eigenvalue weighted by Crippen LogP contribution is 2.21. The molecule has 1 aromatic heterocycles. The SMILES string of the molecule is CC(C)(C)OC(=O)NCCC(O)C(O)c1c(O)nc[nH]c1=O. The van der Waals surface area contributed by atoms with Crippen molar-refractivity contribution >= 4 is 6.09 Å². The fourth-order valence-electron chi connectivity index (χ4n) is 1.65. The summed E-state index contributed by atoms with van der Waals surface area (Å²) >= 11 is 0. The first-order chi connectivity index (χ1) is 10.1. The molecule has 0 spiro atoms. The molecule has 0 fully saturated rings. The van der Waals surface area contributed by atoms with Gasteiger partial charge in [-0.3, -0.25) is 4.79 Å². The van der Waals surface area contributed by atoms with Gasteiger partial charge in [-0.1, -0.05) is 0 Å². The molecule has 1 amide bonds. The van der Waals surface area contributed by atoms with Crippen molar-refractivity contribution in [2.24, 2.45) is 0 Å². The van der Waals surface area contributed by atoms with Crippen molar-refractivity contribution in [2.75, 3.05) is 6.54 Å². The number of aliphatic hydroxyl groups is 2. The number of alkyl carbamates (subject to hydrolysis) is 1. The van der Waals surface area contributed by atoms with Gasteiger partial charge in [0.2, 0.25) is 5.88 Å². The smallest absolute Gasteiger partial charge is 0.407 e. The van der Waals surface area contributed by atoms with Gasteiger partial charge in [0, 0.05) is 6.54 Å². The zero-order chi connectivity index (χ0) is 16.9. The van der Waals surface area contributed by atoms with Crippen LogP contribution in [0.15, 0.2) is 11.1 Å². The van der Waals surface area contributed by atoms with Crippen LogP contribution >= 0.6 is 0 Å². The van der Waals surface area contributed by atoms with E-state index in [-0.39, 0.29) is 13.0 Å². The Morgan fingerprint density at radius 2 is 2.09 bits per heavy atom. The van der Waals surface area contributed by atoms with Gasteiger partial charge in [0.1, 0.15) is 17.3 Å². The molecule has 124 valence electrons. The largest absolute Gasteiger partial charge is 0.493 e. The van der Waals surface area contributed by atoms with Gasteiger partial charge in [0.15, 0.2) is 0 Å². The molecule has 1 heterocycles. The Morgan fingerprint density at radius 1 is 1.45 bits per heavy atom. The van der Waals surface area contributed by atoms with Crippen LogP contribution in [0.2, 0.25) is 0 Å². The third-order valence-electron chi connectivity index (χ3n) is 2.64. The van der Waals surface area contributed by atoms with Crippen LogP contribution in [0, 0.1) is 0 Å². The molecule has 0 aliphatic rings. The van der Waals surface area contributed by atoms with Crippen molar-refractivity contribution < 1.29 is 24.9 Å². The molecule has 5 N–H and O–H groups in total. The average Bonchev–Trinajstić information content (AvgIpc) is 2.35. The molecule has 2 atom stereocenters. The van der Waals surface area contributed by atoms with Crippen LogP contribution in [0.3, 0.4) is 0 Å². The number of hydrogen-bond acceptors (Lipinski definition) is 7. The van der Waals surface area contributed by atoms with Crippen LogP contribution in [0.1, 0.15) is 38.9 Å². The van der Waals surface area contributed by atoms with Crippen molar-refractivity contribution in [3.63, 3.8) is 0 Å². The molecule has 0 saturated carbocycles. The van der Waals surface area contributed by atoms with Crippen molar-refractivity contribution in [2.45, 2.75) is 45.0 Å². The molecular formula is C13H21N3O6. The van der Waals surface area contributed by atoms with E-state index in [1.807, 2.05) is 0 Å². The molecule has 1 aromatic rings. The van der Waals surface area contributed by atoms with Gasteiger partial charge in [-0.15, -0.1) is 0 Å². The maximum Gasteiger partial charge on any atom is 0.407 e. The summed E-state index contributed by atoms with van der Waals surface area (Å²) in [5, 5.41) is 31.6. The van der Waals surface area contributed by atoms with Gasteiger partial charge in [-0.05, 0) is 27.2 Å². The number of H-pyrrole nitrogens is 1. The number of ether oxygens (including phenoxy) is 1. The number of aromatic amines is 1. The van der Waals surface area contributed by atoms with Crippen molar-refractivity contribution in [1.82, 2.24) is 15.3 Å². The Bertz CT molecular complexity index is 566. The summed E-state index contributed by atoms with van der Waals surface area (Å²) in [6.07, 6.45) is -2.72. The minimum atomic E-state index is -1.63. The Kier molecular flexibility index (Phi) is 5.89. The van der Waals surface area contributed by atoms with Crippen molar-refractivity contribution in [1.29, 1.82) is 0 Å². The van der Waals surface area contributed by atoms with E-state index in [2.05, 4.69) is 15.3 Å². The summed E-state index contributed by atoms with van der Waals surface area (Å²) < 4.78 is 5.00. The predicted molar refractivity (Wildman–Crippen MR) is 76.3 cm³/mol. The van der Waals surface area contributed by atoms with Crippen LogP contribution in [-0.4, -0.2) is 49.6 Å². The molecule has 2 unspecified atom stereocenters. The summed E-state index contributed by atoms with van der Waals surface area (Å²) in [6.45, 7) is 5.15. The van der Waals surface area contributed by atoms with Gasteiger partial charge < -0.3 is 30.4 Å². The Labute approximate surface area is 127 Å². The molecule has 9 heteroatoms. The monoisotopic (exact) mass is 315 g/mol. The number of aliphatic hydroxyl groups excluding tert-OH is 2. The fourth-order valence-corrected chi connectivity index (χ4v) is 1.65. The number of hydrogen-bond donors (Lipinski definition) is 5. The summed E-state index contributed by atoms with van der Waals surface area (Å²) in [5.74, 6) is -0.657. The van der Waals surface area contributed by atoms with Crippen LogP contribution in [0.5, 0.6) is 5.88 Å². The third kappa shape index (κ3) is 5.34. The lowest BCUT2D eigenvalue weighted by Gasteiger charge is -2.21. The lowest BCUT2D eigenvalue weighted by Crippen LogP contribution is -2.35. The van der Waals surface area contributed by atoms with E-state index >= 15 is 0 Å². The topological polar surface area (TPSA) is 145 Å². The summed E-state index contributed by atoms with van der Waals surface area (Å²) in [7, 11) is 0.